The second kappa shape index (κ2) is 7.68. The van der Waals surface area contributed by atoms with Crippen molar-refractivity contribution >= 4 is 21.9 Å². The minimum Gasteiger partial charge on any atom is -0.491 e. The molecule has 3 rings (SSSR count). The SMILES string of the molecule is Cc1ccc2oc3cc(OCC(O)CNC(C)(C)CO)ccc3c(=O)c2c1. The number of ether oxygens (including phenoxy) is 1. The number of rotatable bonds is 7. The fourth-order valence-electron chi connectivity index (χ4n) is 2.74. The maximum atomic E-state index is 12.7. The lowest BCUT2D eigenvalue weighted by Crippen LogP contribution is -2.47. The highest BCUT2D eigenvalue weighted by Crippen LogP contribution is 2.23. The van der Waals surface area contributed by atoms with Crippen molar-refractivity contribution in [3.63, 3.8) is 0 Å². The highest BCUT2D eigenvalue weighted by molar-refractivity contribution is 5.90. The molecule has 0 amide bonds. The molecule has 27 heavy (non-hydrogen) atoms. The highest BCUT2D eigenvalue weighted by atomic mass is 16.5. The lowest BCUT2D eigenvalue weighted by Gasteiger charge is -2.25. The Morgan fingerprint density at radius 2 is 1.93 bits per heavy atom. The van der Waals surface area contributed by atoms with Crippen molar-refractivity contribution in [2.45, 2.75) is 32.4 Å². The van der Waals surface area contributed by atoms with Crippen molar-refractivity contribution in [1.29, 1.82) is 0 Å². The second-order valence-electron chi connectivity index (χ2n) is 7.48. The number of hydrogen-bond donors (Lipinski definition) is 3. The summed E-state index contributed by atoms with van der Waals surface area (Å²) in [6.07, 6.45) is -0.738. The molecular formula is C21H25NO5. The summed E-state index contributed by atoms with van der Waals surface area (Å²) in [5, 5.41) is 23.4. The van der Waals surface area contributed by atoms with Crippen molar-refractivity contribution in [1.82, 2.24) is 5.32 Å². The van der Waals surface area contributed by atoms with Gasteiger partial charge >= 0.3 is 0 Å². The van der Waals surface area contributed by atoms with Crippen LogP contribution in [0.1, 0.15) is 19.4 Å². The number of nitrogens with one attached hydrogen (secondary N) is 1. The predicted molar refractivity (Wildman–Crippen MR) is 105 cm³/mol. The minimum absolute atomic E-state index is 0.0300. The van der Waals surface area contributed by atoms with Crippen molar-refractivity contribution in [2.24, 2.45) is 0 Å². The van der Waals surface area contributed by atoms with Crippen LogP contribution in [0.4, 0.5) is 0 Å². The van der Waals surface area contributed by atoms with Gasteiger partial charge in [0.25, 0.3) is 0 Å². The summed E-state index contributed by atoms with van der Waals surface area (Å²) in [6.45, 7) is 5.96. The number of β-amino-alcohol motifs (C(OH)–C–C–N with tert-alkyl or cyclic N) is 1. The zero-order valence-corrected chi connectivity index (χ0v) is 15.8. The van der Waals surface area contributed by atoms with Gasteiger partial charge in [-0.25, -0.2) is 0 Å². The first-order valence-corrected chi connectivity index (χ1v) is 8.93. The van der Waals surface area contributed by atoms with Gasteiger partial charge in [-0.1, -0.05) is 11.6 Å². The van der Waals surface area contributed by atoms with Crippen LogP contribution in [-0.4, -0.2) is 41.6 Å². The van der Waals surface area contributed by atoms with Gasteiger partial charge in [0, 0.05) is 18.2 Å². The van der Waals surface area contributed by atoms with Gasteiger partial charge in [0.1, 0.15) is 29.6 Å². The van der Waals surface area contributed by atoms with Crippen LogP contribution < -0.4 is 15.5 Å². The molecule has 0 spiro atoms. The van der Waals surface area contributed by atoms with Gasteiger partial charge in [-0.15, -0.1) is 0 Å². The number of aliphatic hydroxyl groups is 2. The van der Waals surface area contributed by atoms with Crippen LogP contribution in [0.2, 0.25) is 0 Å². The van der Waals surface area contributed by atoms with Gasteiger partial charge in [-0.05, 0) is 45.0 Å². The van der Waals surface area contributed by atoms with E-state index in [1.54, 1.807) is 24.3 Å². The third-order valence-electron chi connectivity index (χ3n) is 4.45. The molecule has 6 nitrogen and oxygen atoms in total. The average molecular weight is 371 g/mol. The monoisotopic (exact) mass is 371 g/mol. The van der Waals surface area contributed by atoms with Crippen molar-refractivity contribution < 1.29 is 19.4 Å². The summed E-state index contributed by atoms with van der Waals surface area (Å²) in [5.41, 5.74) is 1.44. The zero-order chi connectivity index (χ0) is 19.6. The molecule has 144 valence electrons. The van der Waals surface area contributed by atoms with Crippen molar-refractivity contribution in [2.75, 3.05) is 19.8 Å². The Morgan fingerprint density at radius 1 is 1.15 bits per heavy atom. The topological polar surface area (TPSA) is 91.9 Å². The van der Waals surface area contributed by atoms with Crippen molar-refractivity contribution in [3.8, 4) is 5.75 Å². The Bertz CT molecular complexity index is 1010. The Balaban J connectivity index is 1.76. The quantitative estimate of drug-likeness (QED) is 0.552. The number of fused-ring (bicyclic) bond motifs is 2. The highest BCUT2D eigenvalue weighted by Gasteiger charge is 2.17. The fraction of sp³-hybridized carbons (Fsp3) is 0.381. The number of benzene rings is 2. The van der Waals surface area contributed by atoms with Gasteiger partial charge in [0.2, 0.25) is 5.43 Å². The van der Waals surface area contributed by atoms with Crippen LogP contribution in [-0.2, 0) is 0 Å². The summed E-state index contributed by atoms with van der Waals surface area (Å²) >= 11 is 0. The first-order valence-electron chi connectivity index (χ1n) is 8.93. The molecule has 0 aliphatic carbocycles. The molecule has 1 unspecified atom stereocenters. The molecule has 0 saturated carbocycles. The average Bonchev–Trinajstić information content (AvgIpc) is 2.65. The number of hydrogen-bond acceptors (Lipinski definition) is 6. The van der Waals surface area contributed by atoms with Gasteiger partial charge in [-0.2, -0.15) is 0 Å². The third-order valence-corrected chi connectivity index (χ3v) is 4.45. The van der Waals surface area contributed by atoms with Crippen LogP contribution in [0.25, 0.3) is 21.9 Å². The lowest BCUT2D eigenvalue weighted by atomic mass is 10.1. The smallest absolute Gasteiger partial charge is 0.200 e. The van der Waals surface area contributed by atoms with E-state index in [-0.39, 0.29) is 18.6 Å². The molecule has 0 aliphatic rings. The molecule has 6 heteroatoms. The van der Waals surface area contributed by atoms with E-state index in [1.807, 2.05) is 32.9 Å². The molecule has 2 aromatic carbocycles. The van der Waals surface area contributed by atoms with Crippen molar-refractivity contribution in [3.05, 3.63) is 52.2 Å². The molecule has 1 atom stereocenters. The van der Waals surface area contributed by atoms with E-state index in [0.29, 0.717) is 34.2 Å². The Hall–Kier alpha value is -2.41. The van der Waals surface area contributed by atoms with Crippen LogP contribution in [0.15, 0.2) is 45.6 Å². The Morgan fingerprint density at radius 3 is 2.67 bits per heavy atom. The van der Waals surface area contributed by atoms with Gasteiger partial charge < -0.3 is 24.7 Å². The molecule has 1 heterocycles. The second-order valence-corrected chi connectivity index (χ2v) is 7.48. The predicted octanol–water partition coefficient (Wildman–Crippen LogP) is 2.35. The molecule has 0 radical (unpaired) electrons. The van der Waals surface area contributed by atoms with Gasteiger partial charge in [0.15, 0.2) is 0 Å². The summed E-state index contributed by atoms with van der Waals surface area (Å²) in [7, 11) is 0. The van der Waals surface area contributed by atoms with Crippen LogP contribution in [0.3, 0.4) is 0 Å². The molecule has 0 saturated heterocycles. The molecule has 0 fully saturated rings. The van der Waals surface area contributed by atoms with E-state index in [1.165, 1.54) is 0 Å². The number of aliphatic hydroxyl groups excluding tert-OH is 2. The van der Waals surface area contributed by atoms with E-state index < -0.39 is 11.6 Å². The Labute approximate surface area is 157 Å². The maximum Gasteiger partial charge on any atom is 0.200 e. The summed E-state index contributed by atoms with van der Waals surface area (Å²) < 4.78 is 11.5. The summed E-state index contributed by atoms with van der Waals surface area (Å²) in [4.78, 5) is 12.7. The fourth-order valence-corrected chi connectivity index (χ4v) is 2.74. The van der Waals surface area contributed by atoms with E-state index in [0.717, 1.165) is 5.56 Å². The molecule has 3 N–H and O–H groups in total. The summed E-state index contributed by atoms with van der Waals surface area (Å²) in [5.74, 6) is 0.512. The molecule has 1 aromatic heterocycles. The first-order chi connectivity index (χ1) is 12.8. The maximum absolute atomic E-state index is 12.7. The normalized spacial score (nSPS) is 13.2. The third kappa shape index (κ3) is 4.47. The van der Waals surface area contributed by atoms with Crippen LogP contribution in [0, 0.1) is 6.92 Å². The largest absolute Gasteiger partial charge is 0.491 e. The lowest BCUT2D eigenvalue weighted by molar-refractivity contribution is 0.0907. The standard InChI is InChI=1S/C21H25NO5/c1-13-4-7-18-17(8-13)20(25)16-6-5-15(9-19(16)27-18)26-11-14(24)10-22-21(2,3)12-23/h4-9,14,22-24H,10-12H2,1-3H3. The summed E-state index contributed by atoms with van der Waals surface area (Å²) in [6, 6.07) is 10.5. The van der Waals surface area contributed by atoms with Gasteiger partial charge in [-0.3, -0.25) is 4.79 Å². The van der Waals surface area contributed by atoms with Gasteiger partial charge in [0.05, 0.1) is 17.4 Å². The van der Waals surface area contributed by atoms with E-state index in [4.69, 9.17) is 9.15 Å². The van der Waals surface area contributed by atoms with E-state index in [9.17, 15) is 15.0 Å². The molecule has 3 aromatic rings. The zero-order valence-electron chi connectivity index (χ0n) is 15.8. The Kier molecular flexibility index (Phi) is 5.51. The van der Waals surface area contributed by atoms with E-state index in [2.05, 4.69) is 5.32 Å². The molecule has 0 aliphatic heterocycles. The van der Waals surface area contributed by atoms with E-state index >= 15 is 0 Å². The number of aryl methyl sites for hydroxylation is 1. The first kappa shape index (κ1) is 19.4. The van der Waals surface area contributed by atoms with Crippen LogP contribution >= 0.6 is 0 Å². The minimum atomic E-state index is -0.738. The van der Waals surface area contributed by atoms with Crippen LogP contribution in [0.5, 0.6) is 5.75 Å². The molecular weight excluding hydrogens is 346 g/mol. The molecule has 0 bridgehead atoms.